The van der Waals surface area contributed by atoms with Crippen molar-refractivity contribution in [1.82, 2.24) is 0 Å². The van der Waals surface area contributed by atoms with Crippen molar-refractivity contribution in [3.63, 3.8) is 0 Å². The van der Waals surface area contributed by atoms with Gasteiger partial charge in [-0.25, -0.2) is 0 Å². The van der Waals surface area contributed by atoms with Crippen LogP contribution in [0.4, 0.5) is 0 Å². The van der Waals surface area contributed by atoms with Crippen molar-refractivity contribution < 1.29 is 35.4 Å². The fourth-order valence-electron chi connectivity index (χ4n) is 0.875. The van der Waals surface area contributed by atoms with Gasteiger partial charge in [-0.1, -0.05) is 0 Å². The van der Waals surface area contributed by atoms with Crippen LogP contribution in [0.1, 0.15) is 0 Å². The minimum atomic E-state index is -3.41. The molecule has 0 aromatic carbocycles. The molecule has 0 unspecified atom stereocenters. The van der Waals surface area contributed by atoms with Crippen molar-refractivity contribution in [3.05, 3.63) is 12.3 Å². The monoisotopic (exact) mass is 194 g/mol. The molecule has 7 nitrogen and oxygen atoms in total. The van der Waals surface area contributed by atoms with Gasteiger partial charge in [0.25, 0.3) is 11.6 Å². The van der Waals surface area contributed by atoms with Gasteiger partial charge in [-0.15, -0.1) is 0 Å². The van der Waals surface area contributed by atoms with E-state index in [4.69, 9.17) is 25.5 Å². The summed E-state index contributed by atoms with van der Waals surface area (Å²) in [4.78, 5) is 0. The molecule has 0 aromatic heterocycles. The molecular formula is C6H10O7. The van der Waals surface area contributed by atoms with E-state index in [2.05, 4.69) is 4.74 Å². The lowest BCUT2D eigenvalue weighted by molar-refractivity contribution is -0.451. The Hall–Kier alpha value is -0.700. The summed E-state index contributed by atoms with van der Waals surface area (Å²) in [5.41, 5.74) is 0. The van der Waals surface area contributed by atoms with E-state index in [0.29, 0.717) is 12.3 Å². The first-order chi connectivity index (χ1) is 5.77. The summed E-state index contributed by atoms with van der Waals surface area (Å²) in [7, 11) is 0. The van der Waals surface area contributed by atoms with Crippen LogP contribution in [0.5, 0.6) is 0 Å². The van der Waals surface area contributed by atoms with Crippen LogP contribution >= 0.6 is 0 Å². The van der Waals surface area contributed by atoms with Crippen molar-refractivity contribution in [1.29, 1.82) is 0 Å². The van der Waals surface area contributed by atoms with Gasteiger partial charge in [0.2, 0.25) is 5.79 Å². The van der Waals surface area contributed by atoms with Crippen LogP contribution in [-0.2, 0) is 4.74 Å². The van der Waals surface area contributed by atoms with Gasteiger partial charge in [0.1, 0.15) is 6.61 Å². The van der Waals surface area contributed by atoms with Crippen LogP contribution in [0.25, 0.3) is 0 Å². The first-order valence-corrected chi connectivity index (χ1v) is 3.35. The van der Waals surface area contributed by atoms with E-state index in [9.17, 15) is 5.11 Å². The minimum Gasteiger partial charge on any atom is -0.462 e. The van der Waals surface area contributed by atoms with Crippen LogP contribution in [0.3, 0.4) is 0 Å². The Morgan fingerprint density at radius 3 is 2.00 bits per heavy atom. The third-order valence-corrected chi connectivity index (χ3v) is 1.84. The fourth-order valence-corrected chi connectivity index (χ4v) is 0.875. The van der Waals surface area contributed by atoms with Gasteiger partial charge in [-0.2, -0.15) is 0 Å². The zero-order valence-electron chi connectivity index (χ0n) is 6.45. The first-order valence-electron chi connectivity index (χ1n) is 3.35. The van der Waals surface area contributed by atoms with Gasteiger partial charge in [-0.3, -0.25) is 0 Å². The largest absolute Gasteiger partial charge is 0.462 e. The van der Waals surface area contributed by atoms with Gasteiger partial charge < -0.3 is 35.4 Å². The van der Waals surface area contributed by atoms with Crippen molar-refractivity contribution in [3.8, 4) is 0 Å². The highest BCUT2D eigenvalue weighted by Crippen LogP contribution is 2.34. The molecule has 0 spiro atoms. The maximum absolute atomic E-state index is 9.20. The summed E-state index contributed by atoms with van der Waals surface area (Å²) in [6.45, 7) is -1.22. The SMILES string of the molecule is OC[C@@]1(O)OC=CC(O)(O)C1(O)O. The molecule has 1 atom stereocenters. The molecule has 0 saturated carbocycles. The van der Waals surface area contributed by atoms with Gasteiger partial charge >= 0.3 is 0 Å². The smallest absolute Gasteiger partial charge is 0.292 e. The second kappa shape index (κ2) is 2.64. The van der Waals surface area contributed by atoms with Crippen molar-refractivity contribution >= 4 is 0 Å². The van der Waals surface area contributed by atoms with E-state index in [1.807, 2.05) is 0 Å². The summed E-state index contributed by atoms with van der Waals surface area (Å²) in [5.74, 6) is -9.38. The van der Waals surface area contributed by atoms with E-state index < -0.39 is 24.0 Å². The Balaban J connectivity index is 3.13. The van der Waals surface area contributed by atoms with Gasteiger partial charge in [0, 0.05) is 6.08 Å². The van der Waals surface area contributed by atoms with Gasteiger partial charge in [-0.05, 0) is 0 Å². The molecule has 7 heteroatoms. The molecule has 0 radical (unpaired) electrons. The van der Waals surface area contributed by atoms with Crippen molar-refractivity contribution in [2.45, 2.75) is 17.4 Å². The number of ether oxygens (including phenoxy) is 1. The summed E-state index contributed by atoms with van der Waals surface area (Å²) in [5, 5.41) is 53.9. The van der Waals surface area contributed by atoms with E-state index in [1.54, 1.807) is 0 Å². The number of hydrogen-bond donors (Lipinski definition) is 6. The Kier molecular flexibility index (Phi) is 2.11. The predicted molar refractivity (Wildman–Crippen MR) is 36.6 cm³/mol. The Morgan fingerprint density at radius 1 is 1.08 bits per heavy atom. The molecule has 6 N–H and O–H groups in total. The zero-order chi connectivity index (χ0) is 10.3. The van der Waals surface area contributed by atoms with E-state index >= 15 is 0 Å². The lowest BCUT2D eigenvalue weighted by Crippen LogP contribution is -2.71. The van der Waals surface area contributed by atoms with Crippen LogP contribution in [0.2, 0.25) is 0 Å². The molecule has 0 fully saturated rings. The summed E-state index contributed by atoms with van der Waals surface area (Å²) >= 11 is 0. The number of aliphatic hydroxyl groups excluding tert-OH is 1. The number of aliphatic hydroxyl groups is 6. The first kappa shape index (κ1) is 10.4. The molecular weight excluding hydrogens is 184 g/mol. The van der Waals surface area contributed by atoms with E-state index in [1.165, 1.54) is 0 Å². The van der Waals surface area contributed by atoms with Crippen LogP contribution in [-0.4, -0.2) is 54.6 Å². The summed E-state index contributed by atoms with van der Waals surface area (Å²) in [6.07, 6.45) is 1.15. The highest BCUT2D eigenvalue weighted by Gasteiger charge is 2.64. The highest BCUT2D eigenvalue weighted by atomic mass is 16.7. The maximum atomic E-state index is 9.20. The lowest BCUT2D eigenvalue weighted by Gasteiger charge is -2.44. The topological polar surface area (TPSA) is 131 Å². The molecule has 1 rings (SSSR count). The molecule has 76 valence electrons. The number of rotatable bonds is 1. The Morgan fingerprint density at radius 2 is 1.62 bits per heavy atom. The fraction of sp³-hybridized carbons (Fsp3) is 0.667. The van der Waals surface area contributed by atoms with E-state index in [0.717, 1.165) is 0 Å². The van der Waals surface area contributed by atoms with Crippen LogP contribution < -0.4 is 0 Å². The van der Waals surface area contributed by atoms with Crippen molar-refractivity contribution in [2.75, 3.05) is 6.61 Å². The third-order valence-electron chi connectivity index (χ3n) is 1.84. The second-order valence-electron chi connectivity index (χ2n) is 2.76. The molecule has 1 heterocycles. The molecule has 0 aliphatic carbocycles. The standard InChI is InChI=1S/C6H10O7/c7-3-5(10)6(11,12)4(8,9)1-2-13-5/h1-2,7-12H,3H2/t5-/m1/s1. The molecule has 1 aliphatic rings. The third kappa shape index (κ3) is 1.22. The Labute approximate surface area is 72.7 Å². The van der Waals surface area contributed by atoms with Crippen LogP contribution in [0.15, 0.2) is 12.3 Å². The zero-order valence-corrected chi connectivity index (χ0v) is 6.45. The predicted octanol–water partition coefficient (Wildman–Crippen LogP) is -3.43. The normalized spacial score (nSPS) is 35.5. The molecule has 0 amide bonds. The van der Waals surface area contributed by atoms with Crippen molar-refractivity contribution in [2.24, 2.45) is 0 Å². The quantitative estimate of drug-likeness (QED) is 0.239. The maximum Gasteiger partial charge on any atom is 0.292 e. The van der Waals surface area contributed by atoms with Crippen LogP contribution in [0, 0.1) is 0 Å². The summed E-state index contributed by atoms with van der Waals surface area (Å²) in [6, 6.07) is 0. The summed E-state index contributed by atoms with van der Waals surface area (Å²) < 4.78 is 4.27. The average Bonchev–Trinajstić information content (AvgIpc) is 2.01. The lowest BCUT2D eigenvalue weighted by atomic mass is 9.95. The average molecular weight is 194 g/mol. The number of hydrogen-bond acceptors (Lipinski definition) is 7. The van der Waals surface area contributed by atoms with Gasteiger partial charge in [0.15, 0.2) is 0 Å². The van der Waals surface area contributed by atoms with Gasteiger partial charge in [0.05, 0.1) is 6.26 Å². The van der Waals surface area contributed by atoms with E-state index in [-0.39, 0.29) is 0 Å². The molecule has 0 aromatic rings. The minimum absolute atomic E-state index is 0.511. The molecule has 1 aliphatic heterocycles. The molecule has 13 heavy (non-hydrogen) atoms. The second-order valence-corrected chi connectivity index (χ2v) is 2.76. The molecule has 0 saturated heterocycles. The molecule has 0 bridgehead atoms. The Bertz CT molecular complexity index is 233. The highest BCUT2D eigenvalue weighted by molar-refractivity contribution is 5.09.